The van der Waals surface area contributed by atoms with Crippen LogP contribution in [0.3, 0.4) is 0 Å². The monoisotopic (exact) mass is 455 g/mol. The molecule has 170 valence electrons. The van der Waals surface area contributed by atoms with E-state index in [1.807, 2.05) is 11.8 Å². The van der Waals surface area contributed by atoms with Gasteiger partial charge in [0, 0.05) is 24.6 Å². The first-order valence-electron chi connectivity index (χ1n) is 10.5. The van der Waals surface area contributed by atoms with Crippen LogP contribution >= 0.6 is 0 Å². The number of fused-ring (bicyclic) bond motifs is 2. The van der Waals surface area contributed by atoms with Gasteiger partial charge in [-0.3, -0.25) is 9.78 Å². The minimum absolute atomic E-state index is 0.0208. The number of aryl methyl sites for hydroxylation is 1. The maximum absolute atomic E-state index is 13.7. The number of nitrogens with one attached hydrogen (secondary N) is 1. The molecule has 11 heteroatoms. The first-order chi connectivity index (χ1) is 15.8. The Hall–Kier alpha value is -3.63. The largest absolute Gasteiger partial charge is 0.434 e. The number of alkyl halides is 3. The van der Waals surface area contributed by atoms with Crippen LogP contribution in [0, 0.1) is 6.92 Å². The molecule has 2 fully saturated rings. The summed E-state index contributed by atoms with van der Waals surface area (Å²) in [5.74, 6) is 0.481. The van der Waals surface area contributed by atoms with Gasteiger partial charge in [0.25, 0.3) is 5.91 Å². The molecule has 2 aliphatic rings. The summed E-state index contributed by atoms with van der Waals surface area (Å²) in [4.78, 5) is 35.8. The van der Waals surface area contributed by atoms with Gasteiger partial charge in [0.15, 0.2) is 11.5 Å². The first kappa shape index (κ1) is 21.2. The fourth-order valence-corrected chi connectivity index (χ4v) is 4.67. The van der Waals surface area contributed by atoms with E-state index in [0.29, 0.717) is 29.7 Å². The van der Waals surface area contributed by atoms with E-state index in [9.17, 15) is 18.0 Å². The summed E-state index contributed by atoms with van der Waals surface area (Å²) in [6.45, 7) is 1.87. The minimum Gasteiger partial charge on any atom is -0.364 e. The molecule has 0 aromatic carbocycles. The SMILES string of the molecule is Cc1cnc(-c2ncccn2)c(C(=O)N2[C@@H]3CC[C@H]2[C@H](Nc2cnc(C(F)(F)F)cn2)C3)c1. The van der Waals surface area contributed by atoms with Gasteiger partial charge in [-0.25, -0.2) is 19.9 Å². The molecule has 5 rings (SSSR count). The highest BCUT2D eigenvalue weighted by molar-refractivity contribution is 6.00. The Morgan fingerprint density at radius 2 is 1.85 bits per heavy atom. The third-order valence-electron chi connectivity index (χ3n) is 6.08. The average molecular weight is 455 g/mol. The molecule has 2 aliphatic heterocycles. The molecule has 3 atom stereocenters. The Morgan fingerprint density at radius 3 is 2.55 bits per heavy atom. The number of hydrogen-bond donors (Lipinski definition) is 1. The molecule has 0 spiro atoms. The molecule has 5 heterocycles. The quantitative estimate of drug-likeness (QED) is 0.643. The number of carbonyl (C=O) groups is 1. The van der Waals surface area contributed by atoms with Gasteiger partial charge >= 0.3 is 6.18 Å². The standard InChI is InChI=1S/C22H20F3N7O/c1-12-7-14(19(30-9-12)20-26-5-2-6-27-20)21(33)32-13-3-4-16(32)15(8-13)31-18-11-28-17(10-29-18)22(23,24)25/h2,5-7,9-11,13,15-16H,3-4,8H2,1H3,(H,29,31)/t13-,15-,16+/m1/s1. The minimum atomic E-state index is -4.54. The lowest BCUT2D eigenvalue weighted by molar-refractivity contribution is -0.141. The van der Waals surface area contributed by atoms with Crippen molar-refractivity contribution in [1.82, 2.24) is 29.8 Å². The third-order valence-corrected chi connectivity index (χ3v) is 6.08. The summed E-state index contributed by atoms with van der Waals surface area (Å²) in [6.07, 6.45) is 4.46. The van der Waals surface area contributed by atoms with Crippen LogP contribution in [0.2, 0.25) is 0 Å². The summed E-state index contributed by atoms with van der Waals surface area (Å²) < 4.78 is 38.3. The van der Waals surface area contributed by atoms with Gasteiger partial charge in [-0.1, -0.05) is 0 Å². The summed E-state index contributed by atoms with van der Waals surface area (Å²) in [5.41, 5.74) is 0.670. The zero-order valence-electron chi connectivity index (χ0n) is 17.6. The number of carbonyl (C=O) groups excluding carboxylic acids is 1. The molecule has 33 heavy (non-hydrogen) atoms. The molecule has 2 saturated heterocycles. The summed E-state index contributed by atoms with van der Waals surface area (Å²) in [7, 11) is 0. The highest BCUT2D eigenvalue weighted by Crippen LogP contribution is 2.40. The van der Waals surface area contributed by atoms with Crippen LogP contribution in [-0.2, 0) is 6.18 Å². The smallest absolute Gasteiger partial charge is 0.364 e. The van der Waals surface area contributed by atoms with E-state index in [0.717, 1.165) is 24.6 Å². The Balaban J connectivity index is 1.39. The van der Waals surface area contributed by atoms with E-state index < -0.39 is 11.9 Å². The molecule has 0 radical (unpaired) electrons. The number of amides is 1. The Morgan fingerprint density at radius 1 is 1.06 bits per heavy atom. The normalized spacial score (nSPS) is 21.9. The third kappa shape index (κ3) is 3.98. The fraction of sp³-hybridized carbons (Fsp3) is 0.364. The second-order valence-electron chi connectivity index (χ2n) is 8.26. The molecule has 0 unspecified atom stereocenters. The number of rotatable bonds is 4. The van der Waals surface area contributed by atoms with Crippen LogP contribution in [0.1, 0.15) is 40.9 Å². The molecule has 8 nitrogen and oxygen atoms in total. The number of pyridine rings is 1. The van der Waals surface area contributed by atoms with Gasteiger partial charge in [0.2, 0.25) is 0 Å². The predicted molar refractivity (Wildman–Crippen MR) is 112 cm³/mol. The van der Waals surface area contributed by atoms with Crippen molar-refractivity contribution in [2.75, 3.05) is 5.32 Å². The van der Waals surface area contributed by atoms with Crippen LogP contribution in [0.25, 0.3) is 11.5 Å². The second-order valence-corrected chi connectivity index (χ2v) is 8.26. The van der Waals surface area contributed by atoms with E-state index in [2.05, 4.69) is 30.2 Å². The predicted octanol–water partition coefficient (Wildman–Crippen LogP) is 3.51. The maximum atomic E-state index is 13.7. The molecule has 3 aromatic rings. The van der Waals surface area contributed by atoms with Gasteiger partial charge in [0.05, 0.1) is 30.0 Å². The van der Waals surface area contributed by atoms with Crippen LogP contribution in [0.5, 0.6) is 0 Å². The van der Waals surface area contributed by atoms with E-state index >= 15 is 0 Å². The number of halogens is 3. The van der Waals surface area contributed by atoms with Gasteiger partial charge in [-0.05, 0) is 43.9 Å². The average Bonchev–Trinajstić information content (AvgIpc) is 3.36. The summed E-state index contributed by atoms with van der Waals surface area (Å²) >= 11 is 0. The molecule has 3 aromatic heterocycles. The van der Waals surface area contributed by atoms with E-state index in [1.165, 1.54) is 0 Å². The second kappa shape index (κ2) is 8.05. The van der Waals surface area contributed by atoms with E-state index in [4.69, 9.17) is 0 Å². The van der Waals surface area contributed by atoms with E-state index in [1.54, 1.807) is 30.7 Å². The molecular weight excluding hydrogens is 435 g/mol. The zero-order chi connectivity index (χ0) is 23.2. The molecule has 1 amide bonds. The van der Waals surface area contributed by atoms with Crippen molar-refractivity contribution in [1.29, 1.82) is 0 Å². The molecule has 0 aliphatic carbocycles. The fourth-order valence-electron chi connectivity index (χ4n) is 4.67. The Labute approximate surface area is 187 Å². The Bertz CT molecular complexity index is 1170. The van der Waals surface area contributed by atoms with Crippen molar-refractivity contribution < 1.29 is 18.0 Å². The van der Waals surface area contributed by atoms with Crippen molar-refractivity contribution in [2.24, 2.45) is 0 Å². The lowest BCUT2D eigenvalue weighted by atomic mass is 9.95. The van der Waals surface area contributed by atoms with Crippen molar-refractivity contribution >= 4 is 11.7 Å². The number of nitrogens with zero attached hydrogens (tertiary/aromatic N) is 6. The van der Waals surface area contributed by atoms with Crippen molar-refractivity contribution in [3.8, 4) is 11.5 Å². The number of hydrogen-bond acceptors (Lipinski definition) is 7. The van der Waals surface area contributed by atoms with Crippen LogP contribution < -0.4 is 5.32 Å². The van der Waals surface area contributed by atoms with Gasteiger partial charge in [-0.2, -0.15) is 13.2 Å². The van der Waals surface area contributed by atoms with Crippen LogP contribution in [0.4, 0.5) is 19.0 Å². The number of anilines is 1. The van der Waals surface area contributed by atoms with Crippen molar-refractivity contribution in [3.05, 3.63) is 59.9 Å². The molecule has 2 bridgehead atoms. The maximum Gasteiger partial charge on any atom is 0.434 e. The highest BCUT2D eigenvalue weighted by atomic mass is 19.4. The molecule has 1 N–H and O–H groups in total. The topological polar surface area (TPSA) is 96.8 Å². The van der Waals surface area contributed by atoms with Crippen molar-refractivity contribution in [2.45, 2.75) is 50.5 Å². The molecule has 0 saturated carbocycles. The van der Waals surface area contributed by atoms with Crippen molar-refractivity contribution in [3.63, 3.8) is 0 Å². The zero-order valence-corrected chi connectivity index (χ0v) is 17.6. The van der Waals surface area contributed by atoms with Crippen LogP contribution in [-0.4, -0.2) is 53.9 Å². The van der Waals surface area contributed by atoms with Gasteiger partial charge < -0.3 is 10.2 Å². The van der Waals surface area contributed by atoms with E-state index in [-0.39, 0.29) is 29.9 Å². The summed E-state index contributed by atoms with van der Waals surface area (Å²) in [5, 5.41) is 3.17. The van der Waals surface area contributed by atoms with Crippen LogP contribution in [0.15, 0.2) is 43.1 Å². The summed E-state index contributed by atoms with van der Waals surface area (Å²) in [6, 6.07) is 3.26. The first-order valence-corrected chi connectivity index (χ1v) is 10.5. The Kier molecular flexibility index (Phi) is 5.18. The molecular formula is C22H20F3N7O. The van der Waals surface area contributed by atoms with Gasteiger partial charge in [0.1, 0.15) is 11.5 Å². The van der Waals surface area contributed by atoms with Gasteiger partial charge in [-0.15, -0.1) is 0 Å². The highest BCUT2D eigenvalue weighted by Gasteiger charge is 2.49. The lowest BCUT2D eigenvalue weighted by Crippen LogP contribution is -2.40. The lowest BCUT2D eigenvalue weighted by Gasteiger charge is -2.26. The number of aromatic nitrogens is 5.